The van der Waals surface area contributed by atoms with Crippen molar-refractivity contribution in [1.82, 2.24) is 0 Å². The van der Waals surface area contributed by atoms with Gasteiger partial charge >= 0.3 is 6.08 Å². The summed E-state index contributed by atoms with van der Waals surface area (Å²) in [6.45, 7) is 0.847. The molecule has 0 aliphatic carbocycles. The van der Waals surface area contributed by atoms with E-state index in [1.54, 1.807) is 0 Å². The molecule has 0 amide bonds. The van der Waals surface area contributed by atoms with Crippen molar-refractivity contribution in [2.45, 2.75) is 38.1 Å². The van der Waals surface area contributed by atoms with Crippen molar-refractivity contribution in [3.8, 4) is 0 Å². The highest BCUT2D eigenvalue weighted by Crippen LogP contribution is 2.34. The van der Waals surface area contributed by atoms with Crippen LogP contribution in [0.3, 0.4) is 0 Å². The topological polar surface area (TPSA) is 36.9 Å². The number of halogens is 2. The van der Waals surface area contributed by atoms with E-state index in [0.717, 1.165) is 16.7 Å². The number of benzene rings is 3. The van der Waals surface area contributed by atoms with Gasteiger partial charge in [0.25, 0.3) is 0 Å². The average Bonchev–Trinajstić information content (AvgIpc) is 3.21. The SMILES string of the molecule is FC(F)=C1O[C@H](COCc2ccccc2)[C@@H](OCc2ccccc2)[C@@H]1OCc1ccccc1. The van der Waals surface area contributed by atoms with Crippen LogP contribution in [0.4, 0.5) is 8.78 Å². The molecular formula is C27H26F2O4. The highest BCUT2D eigenvalue weighted by Gasteiger charge is 2.46. The van der Waals surface area contributed by atoms with Crippen LogP contribution in [0.15, 0.2) is 103 Å². The maximum absolute atomic E-state index is 13.8. The molecule has 4 nitrogen and oxygen atoms in total. The standard InChI is InChI=1S/C27H26F2O4/c28-27(29)26-25(32-18-22-14-8-3-9-15-22)24(31-17-21-12-6-2-7-13-21)23(33-26)19-30-16-20-10-4-1-5-11-20/h1-15,23-25H,16-19H2/t23-,24-,25+/m1/s1. The first kappa shape index (κ1) is 23.1. The van der Waals surface area contributed by atoms with Gasteiger partial charge in [-0.15, -0.1) is 0 Å². The van der Waals surface area contributed by atoms with E-state index in [0.29, 0.717) is 6.61 Å². The monoisotopic (exact) mass is 452 g/mol. The third-order valence-corrected chi connectivity index (χ3v) is 5.34. The molecule has 1 fully saturated rings. The molecule has 6 heteroatoms. The Balaban J connectivity index is 1.48. The molecular weight excluding hydrogens is 426 g/mol. The van der Waals surface area contributed by atoms with E-state index in [-0.39, 0.29) is 19.8 Å². The Morgan fingerprint density at radius 1 is 0.667 bits per heavy atom. The molecule has 3 aromatic carbocycles. The second-order valence-electron chi connectivity index (χ2n) is 7.76. The summed E-state index contributed by atoms with van der Waals surface area (Å²) in [4.78, 5) is 0. The molecule has 1 aliphatic heterocycles. The van der Waals surface area contributed by atoms with Crippen LogP contribution in [0.1, 0.15) is 16.7 Å². The molecule has 3 aromatic rings. The largest absolute Gasteiger partial charge is 0.481 e. The van der Waals surface area contributed by atoms with Crippen LogP contribution in [-0.4, -0.2) is 24.9 Å². The molecule has 1 saturated heterocycles. The van der Waals surface area contributed by atoms with Crippen molar-refractivity contribution in [3.63, 3.8) is 0 Å². The summed E-state index contributed by atoms with van der Waals surface area (Å²) in [7, 11) is 0. The summed E-state index contributed by atoms with van der Waals surface area (Å²) in [6.07, 6.45) is -4.42. The van der Waals surface area contributed by atoms with Gasteiger partial charge in [0.1, 0.15) is 6.10 Å². The molecule has 172 valence electrons. The fourth-order valence-electron chi connectivity index (χ4n) is 3.68. The number of hydrogen-bond acceptors (Lipinski definition) is 4. The maximum Gasteiger partial charge on any atom is 0.310 e. The van der Waals surface area contributed by atoms with Crippen molar-refractivity contribution in [2.75, 3.05) is 6.61 Å². The number of ether oxygens (including phenoxy) is 4. The highest BCUT2D eigenvalue weighted by atomic mass is 19.3. The number of hydrogen-bond donors (Lipinski definition) is 0. The lowest BCUT2D eigenvalue weighted by Gasteiger charge is -2.22. The second-order valence-corrected chi connectivity index (χ2v) is 7.76. The molecule has 4 rings (SSSR count). The Labute approximate surface area is 192 Å². The minimum atomic E-state index is -1.91. The van der Waals surface area contributed by atoms with Crippen molar-refractivity contribution in [3.05, 3.63) is 120 Å². The van der Waals surface area contributed by atoms with Crippen LogP contribution in [0.2, 0.25) is 0 Å². The minimum Gasteiger partial charge on any atom is -0.481 e. The summed E-state index contributed by atoms with van der Waals surface area (Å²) in [5.41, 5.74) is 2.80. The van der Waals surface area contributed by atoms with Gasteiger partial charge in [-0.25, -0.2) is 0 Å². The lowest BCUT2D eigenvalue weighted by Crippen LogP contribution is -2.37. The van der Waals surface area contributed by atoms with E-state index in [1.165, 1.54) is 0 Å². The van der Waals surface area contributed by atoms with Crippen LogP contribution < -0.4 is 0 Å². The molecule has 3 atom stereocenters. The summed E-state index contributed by atoms with van der Waals surface area (Å²) in [5.74, 6) is -0.489. The Morgan fingerprint density at radius 2 is 1.15 bits per heavy atom. The maximum atomic E-state index is 13.8. The third-order valence-electron chi connectivity index (χ3n) is 5.34. The van der Waals surface area contributed by atoms with Gasteiger partial charge < -0.3 is 18.9 Å². The zero-order valence-corrected chi connectivity index (χ0v) is 18.1. The molecule has 0 aromatic heterocycles. The van der Waals surface area contributed by atoms with Gasteiger partial charge in [-0.2, -0.15) is 8.78 Å². The van der Waals surface area contributed by atoms with Gasteiger partial charge in [0.2, 0.25) is 0 Å². The van der Waals surface area contributed by atoms with E-state index in [4.69, 9.17) is 18.9 Å². The average molecular weight is 452 g/mol. The molecule has 0 N–H and O–H groups in total. The quantitative estimate of drug-likeness (QED) is 0.385. The molecule has 0 unspecified atom stereocenters. The van der Waals surface area contributed by atoms with E-state index in [1.807, 2.05) is 91.0 Å². The first-order valence-corrected chi connectivity index (χ1v) is 10.9. The summed E-state index contributed by atoms with van der Waals surface area (Å²) in [6, 6.07) is 28.6. The van der Waals surface area contributed by atoms with Gasteiger partial charge in [0.15, 0.2) is 18.0 Å². The normalized spacial score (nSPS) is 19.9. The fourth-order valence-corrected chi connectivity index (χ4v) is 3.68. The van der Waals surface area contributed by atoms with E-state index in [2.05, 4.69) is 0 Å². The molecule has 0 bridgehead atoms. The lowest BCUT2D eigenvalue weighted by molar-refractivity contribution is -0.0894. The summed E-state index contributed by atoms with van der Waals surface area (Å²) in [5, 5.41) is 0. The molecule has 0 spiro atoms. The zero-order valence-electron chi connectivity index (χ0n) is 18.1. The lowest BCUT2D eigenvalue weighted by atomic mass is 10.1. The first-order valence-electron chi connectivity index (χ1n) is 10.9. The van der Waals surface area contributed by atoms with Crippen LogP contribution in [0.5, 0.6) is 0 Å². The highest BCUT2D eigenvalue weighted by molar-refractivity contribution is 5.17. The molecule has 0 saturated carbocycles. The Morgan fingerprint density at radius 3 is 1.67 bits per heavy atom. The molecule has 0 radical (unpaired) electrons. The van der Waals surface area contributed by atoms with Gasteiger partial charge in [-0.05, 0) is 16.7 Å². The minimum absolute atomic E-state index is 0.0936. The van der Waals surface area contributed by atoms with E-state index < -0.39 is 30.2 Å². The van der Waals surface area contributed by atoms with Gasteiger partial charge in [0, 0.05) is 0 Å². The zero-order chi connectivity index (χ0) is 22.9. The summed E-state index contributed by atoms with van der Waals surface area (Å²) < 4.78 is 51.0. The van der Waals surface area contributed by atoms with Crippen molar-refractivity contribution < 1.29 is 27.7 Å². The third kappa shape index (κ3) is 6.48. The number of rotatable bonds is 10. The first-order chi connectivity index (χ1) is 16.2. The molecule has 33 heavy (non-hydrogen) atoms. The van der Waals surface area contributed by atoms with Gasteiger partial charge in [0.05, 0.1) is 26.4 Å². The molecule has 1 heterocycles. The van der Waals surface area contributed by atoms with Crippen molar-refractivity contribution in [1.29, 1.82) is 0 Å². The van der Waals surface area contributed by atoms with Crippen LogP contribution in [0, 0.1) is 0 Å². The van der Waals surface area contributed by atoms with E-state index in [9.17, 15) is 8.78 Å². The van der Waals surface area contributed by atoms with Crippen LogP contribution in [0.25, 0.3) is 0 Å². The van der Waals surface area contributed by atoms with Crippen LogP contribution in [-0.2, 0) is 38.8 Å². The second kappa shape index (κ2) is 11.7. The van der Waals surface area contributed by atoms with Crippen molar-refractivity contribution >= 4 is 0 Å². The Kier molecular flexibility index (Phi) is 8.19. The van der Waals surface area contributed by atoms with Crippen LogP contribution >= 0.6 is 0 Å². The fraction of sp³-hybridized carbons (Fsp3) is 0.259. The Bertz CT molecular complexity index is 1010. The molecule has 1 aliphatic rings. The van der Waals surface area contributed by atoms with E-state index >= 15 is 0 Å². The Hall–Kier alpha value is -3.06. The predicted octanol–water partition coefficient (Wildman–Crippen LogP) is 5.88. The van der Waals surface area contributed by atoms with Gasteiger partial charge in [-0.3, -0.25) is 0 Å². The predicted molar refractivity (Wildman–Crippen MR) is 120 cm³/mol. The smallest absolute Gasteiger partial charge is 0.310 e. The summed E-state index contributed by atoms with van der Waals surface area (Å²) >= 11 is 0. The van der Waals surface area contributed by atoms with Gasteiger partial charge in [-0.1, -0.05) is 91.0 Å². The van der Waals surface area contributed by atoms with Crippen molar-refractivity contribution in [2.24, 2.45) is 0 Å².